The van der Waals surface area contributed by atoms with Crippen molar-refractivity contribution >= 4 is 5.91 Å². The van der Waals surface area contributed by atoms with Gasteiger partial charge in [0.1, 0.15) is 48.8 Å². The van der Waals surface area contributed by atoms with Crippen molar-refractivity contribution in [3.8, 4) is 0 Å². The molecule has 0 bridgehead atoms. The molecule has 0 aromatic rings. The quantitative estimate of drug-likeness (QED) is 0.0204. The minimum atomic E-state index is -1.79. The Kier molecular flexibility index (Phi) is 56.0. The second-order valence-electron chi connectivity index (χ2n) is 25.3. The van der Waals surface area contributed by atoms with Gasteiger partial charge in [-0.1, -0.05) is 296 Å². The molecule has 2 aliphatic heterocycles. The summed E-state index contributed by atoms with van der Waals surface area (Å²) in [6, 6.07) is -0.843. The van der Waals surface area contributed by atoms with E-state index in [4.69, 9.17) is 18.9 Å². The third kappa shape index (κ3) is 44.2. The third-order valence-electron chi connectivity index (χ3n) is 17.2. The molecule has 9 N–H and O–H groups in total. The highest BCUT2D eigenvalue weighted by Gasteiger charge is 2.51. The molecule has 12 atom stereocenters. The predicted octanol–water partition coefficient (Wildman–Crippen LogP) is 15.7. The highest BCUT2D eigenvalue weighted by atomic mass is 16.7. The Hall–Kier alpha value is -3.61. The Labute approximate surface area is 558 Å². The Morgan fingerprint density at radius 2 is 0.750 bits per heavy atom. The number of unbranched alkanes of at least 4 members (excludes halogenated alkanes) is 26. The maximum absolute atomic E-state index is 13.4. The highest BCUT2D eigenvalue weighted by Crippen LogP contribution is 2.30. The first kappa shape index (κ1) is 84.5. The molecule has 0 saturated carbocycles. The molecule has 0 spiro atoms. The number of nitrogens with one attached hydrogen (secondary N) is 1. The lowest BCUT2D eigenvalue weighted by Gasteiger charge is -2.46. The van der Waals surface area contributed by atoms with Gasteiger partial charge in [0.15, 0.2) is 12.6 Å². The molecule has 0 aromatic carbocycles. The Morgan fingerprint density at radius 3 is 1.15 bits per heavy atom. The first-order chi connectivity index (χ1) is 45.1. The van der Waals surface area contributed by atoms with Crippen molar-refractivity contribution in [3.05, 3.63) is 122 Å². The van der Waals surface area contributed by atoms with Crippen LogP contribution in [0.25, 0.3) is 0 Å². The first-order valence-electron chi connectivity index (χ1n) is 36.8. The van der Waals surface area contributed by atoms with Crippen LogP contribution in [-0.4, -0.2) is 140 Å². The summed E-state index contributed by atoms with van der Waals surface area (Å²) < 4.78 is 22.9. The van der Waals surface area contributed by atoms with Crippen molar-refractivity contribution in [2.75, 3.05) is 19.8 Å². The van der Waals surface area contributed by atoms with Gasteiger partial charge in [-0.2, -0.15) is 0 Å². The van der Waals surface area contributed by atoms with Gasteiger partial charge in [-0.05, 0) is 89.9 Å². The summed E-state index contributed by atoms with van der Waals surface area (Å²) in [4.78, 5) is 13.4. The van der Waals surface area contributed by atoms with E-state index in [9.17, 15) is 45.6 Å². The average Bonchev–Trinajstić information content (AvgIpc) is 1.05. The van der Waals surface area contributed by atoms with Crippen LogP contribution in [0.3, 0.4) is 0 Å². The van der Waals surface area contributed by atoms with Crippen LogP contribution in [0.1, 0.15) is 271 Å². The van der Waals surface area contributed by atoms with Crippen LogP contribution in [0.15, 0.2) is 122 Å². The molecule has 14 heteroatoms. The van der Waals surface area contributed by atoms with Crippen LogP contribution in [0.2, 0.25) is 0 Å². The van der Waals surface area contributed by atoms with Crippen molar-refractivity contribution < 1.29 is 64.6 Å². The topological polar surface area (TPSA) is 228 Å². The Morgan fingerprint density at radius 1 is 0.402 bits per heavy atom. The van der Waals surface area contributed by atoms with Crippen molar-refractivity contribution in [3.63, 3.8) is 0 Å². The number of carbonyl (C=O) groups excluding carboxylic acids is 1. The van der Waals surface area contributed by atoms with E-state index in [0.29, 0.717) is 12.8 Å². The Balaban J connectivity index is 1.64. The molecule has 2 fully saturated rings. The summed E-state index contributed by atoms with van der Waals surface area (Å²) in [6.45, 7) is 2.76. The lowest BCUT2D eigenvalue weighted by molar-refractivity contribution is -0.359. The molecule has 0 radical (unpaired) electrons. The number of allylic oxidation sites excluding steroid dienone is 20. The number of carbonyl (C=O) groups is 1. The number of aliphatic hydroxyl groups excluding tert-OH is 8. The van der Waals surface area contributed by atoms with Crippen molar-refractivity contribution in [2.24, 2.45) is 0 Å². The van der Waals surface area contributed by atoms with Gasteiger partial charge in [-0.15, -0.1) is 0 Å². The summed E-state index contributed by atoms with van der Waals surface area (Å²) in [6.07, 6.45) is 72.1. The zero-order valence-electron chi connectivity index (χ0n) is 57.5. The molecule has 0 aromatic heterocycles. The van der Waals surface area contributed by atoms with Crippen molar-refractivity contribution in [2.45, 2.75) is 344 Å². The predicted molar refractivity (Wildman–Crippen MR) is 378 cm³/mol. The third-order valence-corrected chi connectivity index (χ3v) is 17.2. The van der Waals surface area contributed by atoms with E-state index in [0.717, 1.165) is 122 Å². The summed E-state index contributed by atoms with van der Waals surface area (Å²) in [5.74, 6) is -0.218. The SMILES string of the molecule is CC/C=C\C/C=C\C/C=C\C/C=C\C/C=C\C/C=C\C/C=C\C/C=C\C/C=C\C/C=C\CCCCCCCCCCC(=O)NC(COC1OC(CO)C(OC2OC(CO)C(O)C(O)C2O)C(O)C1O)C(O)CCCCCCCCCCCCCCCCCCCCC. The number of aliphatic hydroxyl groups is 8. The second kappa shape index (κ2) is 61.0. The van der Waals surface area contributed by atoms with E-state index in [1.165, 1.54) is 116 Å². The summed E-state index contributed by atoms with van der Waals surface area (Å²) in [5, 5.41) is 87.6. The highest BCUT2D eigenvalue weighted by molar-refractivity contribution is 5.76. The van der Waals surface area contributed by atoms with Crippen LogP contribution >= 0.6 is 0 Å². The zero-order chi connectivity index (χ0) is 66.6. The van der Waals surface area contributed by atoms with Gasteiger partial charge in [-0.25, -0.2) is 0 Å². The van der Waals surface area contributed by atoms with E-state index in [1.54, 1.807) is 0 Å². The second-order valence-corrected chi connectivity index (χ2v) is 25.3. The maximum atomic E-state index is 13.4. The molecule has 528 valence electrons. The van der Waals surface area contributed by atoms with Crippen LogP contribution in [0.5, 0.6) is 0 Å². The number of rotatable bonds is 59. The van der Waals surface area contributed by atoms with Crippen LogP contribution in [0, 0.1) is 0 Å². The molecule has 2 aliphatic rings. The van der Waals surface area contributed by atoms with E-state index < -0.39 is 86.8 Å². The normalized spacial score (nSPS) is 23.4. The standard InChI is InChI=1S/C78H133NO13/c1-3-5-7-9-11-13-15-17-19-21-23-24-25-26-27-28-29-30-31-32-33-34-35-36-37-38-39-40-41-42-44-46-48-50-52-54-56-58-60-62-70(83)79-66(67(82)61-59-57-55-53-51-49-47-45-43-22-20-18-16-14-12-10-8-6-4-2)65-89-77-75(88)73(86)76(69(64-81)91-77)92-78-74(87)72(85)71(84)68(63-80)90-78/h5,7,11,13,17,19,23-24,26-27,29-30,32-33,35-36,38-39,41-42,66-69,71-78,80-82,84-88H,3-4,6,8-10,12,14-16,18,20-22,25,28,31,34,37,40,43-65H2,1-2H3,(H,79,83)/b7-5-,13-11-,19-17-,24-23-,27-26-,30-29-,33-32-,36-35-,39-38-,42-41-. The first-order valence-corrected chi connectivity index (χ1v) is 36.8. The molecule has 2 rings (SSSR count). The minimum Gasteiger partial charge on any atom is -0.394 e. The fourth-order valence-corrected chi connectivity index (χ4v) is 11.4. The monoisotopic (exact) mass is 1290 g/mol. The largest absolute Gasteiger partial charge is 0.394 e. The van der Waals surface area contributed by atoms with Gasteiger partial charge in [0, 0.05) is 6.42 Å². The van der Waals surface area contributed by atoms with Gasteiger partial charge in [0.2, 0.25) is 5.91 Å². The number of amides is 1. The molecule has 0 aliphatic carbocycles. The summed E-state index contributed by atoms with van der Waals surface area (Å²) in [7, 11) is 0. The van der Waals surface area contributed by atoms with Gasteiger partial charge < -0.3 is 65.1 Å². The van der Waals surface area contributed by atoms with Crippen molar-refractivity contribution in [1.29, 1.82) is 0 Å². The van der Waals surface area contributed by atoms with E-state index in [-0.39, 0.29) is 18.9 Å². The average molecular weight is 1290 g/mol. The molecule has 1 amide bonds. The van der Waals surface area contributed by atoms with E-state index >= 15 is 0 Å². The van der Waals surface area contributed by atoms with Gasteiger partial charge in [-0.3, -0.25) is 4.79 Å². The fraction of sp³-hybridized carbons (Fsp3) is 0.731. The van der Waals surface area contributed by atoms with Gasteiger partial charge in [0.05, 0.1) is 32.0 Å². The van der Waals surface area contributed by atoms with Crippen LogP contribution in [-0.2, 0) is 23.7 Å². The molecule has 2 heterocycles. The van der Waals surface area contributed by atoms with Crippen molar-refractivity contribution in [1.82, 2.24) is 5.32 Å². The maximum Gasteiger partial charge on any atom is 0.220 e. The smallest absolute Gasteiger partial charge is 0.220 e. The molecule has 12 unspecified atom stereocenters. The van der Waals surface area contributed by atoms with E-state index in [2.05, 4.69) is 141 Å². The summed E-state index contributed by atoms with van der Waals surface area (Å²) in [5.41, 5.74) is 0. The molecular formula is C78H133NO13. The molecule has 92 heavy (non-hydrogen) atoms. The van der Waals surface area contributed by atoms with Gasteiger partial charge in [0.25, 0.3) is 0 Å². The fourth-order valence-electron chi connectivity index (χ4n) is 11.4. The lowest BCUT2D eigenvalue weighted by atomic mass is 9.97. The molecule has 2 saturated heterocycles. The summed E-state index contributed by atoms with van der Waals surface area (Å²) >= 11 is 0. The van der Waals surface area contributed by atoms with Crippen LogP contribution in [0.4, 0.5) is 0 Å². The van der Waals surface area contributed by atoms with Crippen LogP contribution < -0.4 is 5.32 Å². The number of ether oxygens (including phenoxy) is 4. The Bertz CT molecular complexity index is 2010. The zero-order valence-corrected chi connectivity index (χ0v) is 57.5. The van der Waals surface area contributed by atoms with E-state index in [1.807, 2.05) is 0 Å². The van der Waals surface area contributed by atoms with Gasteiger partial charge >= 0.3 is 0 Å². The molecule has 14 nitrogen and oxygen atoms in total. The number of hydrogen-bond donors (Lipinski definition) is 9. The molecular weight excluding hydrogens is 1160 g/mol. The number of hydrogen-bond acceptors (Lipinski definition) is 13. The lowest BCUT2D eigenvalue weighted by Crippen LogP contribution is -2.65. The minimum absolute atomic E-state index is 0.218.